The van der Waals surface area contributed by atoms with Crippen LogP contribution in [0.2, 0.25) is 0 Å². The number of para-hydroxylation sites is 2. The summed E-state index contributed by atoms with van der Waals surface area (Å²) >= 11 is 0. The van der Waals surface area contributed by atoms with Gasteiger partial charge in [0.15, 0.2) is 0 Å². The predicted molar refractivity (Wildman–Crippen MR) is 110 cm³/mol. The molecule has 1 amide bonds. The van der Waals surface area contributed by atoms with E-state index in [9.17, 15) is 4.79 Å². The third kappa shape index (κ3) is 2.87. The third-order valence-electron chi connectivity index (χ3n) is 4.76. The van der Waals surface area contributed by atoms with Gasteiger partial charge in [-0.2, -0.15) is 0 Å². The van der Waals surface area contributed by atoms with Crippen molar-refractivity contribution in [3.05, 3.63) is 90.6 Å². The van der Waals surface area contributed by atoms with E-state index in [1.807, 2.05) is 66.7 Å². The molecular weight excluding hydrogens is 334 g/mol. The second kappa shape index (κ2) is 6.18. The van der Waals surface area contributed by atoms with Crippen molar-refractivity contribution in [2.45, 2.75) is 0 Å². The van der Waals surface area contributed by atoms with E-state index >= 15 is 0 Å². The minimum atomic E-state index is -0.149. The summed E-state index contributed by atoms with van der Waals surface area (Å²) in [6, 6.07) is 27.9. The molecular formula is C23H17N3O. The van der Waals surface area contributed by atoms with E-state index in [0.29, 0.717) is 5.69 Å². The Hall–Kier alpha value is -3.79. The fraction of sp³-hybridized carbons (Fsp3) is 0. The van der Waals surface area contributed by atoms with E-state index in [4.69, 9.17) is 0 Å². The Bertz CT molecular complexity index is 1200. The van der Waals surface area contributed by atoms with E-state index in [-0.39, 0.29) is 5.91 Å². The monoisotopic (exact) mass is 351 g/mol. The molecule has 0 atom stereocenters. The quantitative estimate of drug-likeness (QED) is 0.391. The Morgan fingerprint density at radius 3 is 2.00 bits per heavy atom. The number of fused-ring (bicyclic) bond motifs is 2. The number of carbonyl (C=O) groups excluding carboxylic acids is 1. The van der Waals surface area contributed by atoms with Crippen molar-refractivity contribution in [2.24, 2.45) is 0 Å². The first-order valence-electron chi connectivity index (χ1n) is 8.83. The van der Waals surface area contributed by atoms with Crippen LogP contribution in [0.1, 0.15) is 10.5 Å². The van der Waals surface area contributed by atoms with Crippen molar-refractivity contribution in [3.63, 3.8) is 0 Å². The lowest BCUT2D eigenvalue weighted by Crippen LogP contribution is -2.12. The Morgan fingerprint density at radius 2 is 1.33 bits per heavy atom. The second-order valence-electron chi connectivity index (χ2n) is 6.57. The highest BCUT2D eigenvalue weighted by atomic mass is 16.1. The van der Waals surface area contributed by atoms with Crippen molar-refractivity contribution in [3.8, 4) is 11.3 Å². The average Bonchev–Trinajstić information content (AvgIpc) is 3.32. The maximum absolute atomic E-state index is 12.5. The van der Waals surface area contributed by atoms with Crippen molar-refractivity contribution in [1.29, 1.82) is 0 Å². The number of hydrogen-bond acceptors (Lipinski definition) is 1. The normalized spacial score (nSPS) is 11.1. The summed E-state index contributed by atoms with van der Waals surface area (Å²) in [5.74, 6) is -0.149. The Balaban J connectivity index is 1.37. The van der Waals surface area contributed by atoms with Crippen LogP contribution >= 0.6 is 0 Å². The molecule has 0 bridgehead atoms. The SMILES string of the molecule is O=C(Nc1ccc(-c2cc3ccccc3[nH]2)cc1)c1cc2ccccc2[nH]1. The molecule has 0 aliphatic carbocycles. The van der Waals surface area contributed by atoms with Gasteiger partial charge in [-0.15, -0.1) is 0 Å². The molecule has 3 aromatic carbocycles. The van der Waals surface area contributed by atoms with E-state index in [2.05, 4.69) is 33.5 Å². The molecule has 0 unspecified atom stereocenters. The molecule has 0 saturated heterocycles. The number of aromatic amines is 2. The molecule has 0 aliphatic rings. The molecule has 0 fully saturated rings. The van der Waals surface area contributed by atoms with Gasteiger partial charge in [0, 0.05) is 33.2 Å². The van der Waals surface area contributed by atoms with Gasteiger partial charge in [-0.1, -0.05) is 48.5 Å². The van der Waals surface area contributed by atoms with Gasteiger partial charge in [-0.3, -0.25) is 4.79 Å². The molecule has 130 valence electrons. The van der Waals surface area contributed by atoms with Gasteiger partial charge in [-0.05, 0) is 42.0 Å². The number of hydrogen-bond donors (Lipinski definition) is 3. The number of nitrogens with one attached hydrogen (secondary N) is 3. The lowest BCUT2D eigenvalue weighted by atomic mass is 10.1. The lowest BCUT2D eigenvalue weighted by Gasteiger charge is -2.05. The zero-order chi connectivity index (χ0) is 18.2. The molecule has 0 aliphatic heterocycles. The topological polar surface area (TPSA) is 60.7 Å². The van der Waals surface area contributed by atoms with Crippen molar-refractivity contribution >= 4 is 33.4 Å². The summed E-state index contributed by atoms with van der Waals surface area (Å²) < 4.78 is 0. The Kier molecular flexibility index (Phi) is 3.54. The first-order valence-corrected chi connectivity index (χ1v) is 8.83. The van der Waals surface area contributed by atoms with Crippen molar-refractivity contribution in [2.75, 3.05) is 5.32 Å². The zero-order valence-electron chi connectivity index (χ0n) is 14.5. The van der Waals surface area contributed by atoms with Gasteiger partial charge in [0.1, 0.15) is 5.69 Å². The molecule has 2 aromatic heterocycles. The van der Waals surface area contributed by atoms with Gasteiger partial charge < -0.3 is 15.3 Å². The maximum Gasteiger partial charge on any atom is 0.272 e. The first kappa shape index (κ1) is 15.5. The van der Waals surface area contributed by atoms with Gasteiger partial charge in [-0.25, -0.2) is 0 Å². The maximum atomic E-state index is 12.5. The second-order valence-corrected chi connectivity index (χ2v) is 6.57. The van der Waals surface area contributed by atoms with E-state index < -0.39 is 0 Å². The summed E-state index contributed by atoms with van der Waals surface area (Å²) in [5, 5.41) is 5.15. The molecule has 3 N–H and O–H groups in total. The minimum absolute atomic E-state index is 0.149. The number of carbonyl (C=O) groups is 1. The summed E-state index contributed by atoms with van der Waals surface area (Å²) in [6.07, 6.45) is 0. The molecule has 5 aromatic rings. The molecule has 4 nitrogen and oxygen atoms in total. The van der Waals surface area contributed by atoms with Crippen LogP contribution in [0.4, 0.5) is 5.69 Å². The largest absolute Gasteiger partial charge is 0.355 e. The number of aromatic nitrogens is 2. The van der Waals surface area contributed by atoms with Gasteiger partial charge >= 0.3 is 0 Å². The number of rotatable bonds is 3. The molecule has 27 heavy (non-hydrogen) atoms. The molecule has 0 radical (unpaired) electrons. The molecule has 5 rings (SSSR count). The number of H-pyrrole nitrogens is 2. The highest BCUT2D eigenvalue weighted by Crippen LogP contribution is 2.25. The fourth-order valence-corrected chi connectivity index (χ4v) is 3.36. The van der Waals surface area contributed by atoms with Crippen LogP contribution in [0.3, 0.4) is 0 Å². The van der Waals surface area contributed by atoms with Crippen LogP contribution in [0.25, 0.3) is 33.1 Å². The summed E-state index contributed by atoms with van der Waals surface area (Å²) in [5.41, 5.74) is 5.52. The fourth-order valence-electron chi connectivity index (χ4n) is 3.36. The van der Waals surface area contributed by atoms with Gasteiger partial charge in [0.25, 0.3) is 5.91 Å². The highest BCUT2D eigenvalue weighted by molar-refractivity contribution is 6.06. The number of amides is 1. The van der Waals surface area contributed by atoms with Gasteiger partial charge in [0.2, 0.25) is 0 Å². The van der Waals surface area contributed by atoms with Crippen molar-refractivity contribution < 1.29 is 4.79 Å². The lowest BCUT2D eigenvalue weighted by molar-refractivity contribution is 0.102. The third-order valence-corrected chi connectivity index (χ3v) is 4.76. The smallest absolute Gasteiger partial charge is 0.272 e. The van der Waals surface area contributed by atoms with Crippen LogP contribution in [0.5, 0.6) is 0 Å². The van der Waals surface area contributed by atoms with Gasteiger partial charge in [0.05, 0.1) is 0 Å². The molecule has 4 heteroatoms. The summed E-state index contributed by atoms with van der Waals surface area (Å²) in [7, 11) is 0. The molecule has 0 saturated carbocycles. The summed E-state index contributed by atoms with van der Waals surface area (Å²) in [6.45, 7) is 0. The van der Waals surface area contributed by atoms with Crippen LogP contribution in [-0.2, 0) is 0 Å². The zero-order valence-corrected chi connectivity index (χ0v) is 14.5. The number of benzene rings is 3. The Labute approximate surface area is 155 Å². The highest BCUT2D eigenvalue weighted by Gasteiger charge is 2.10. The van der Waals surface area contributed by atoms with E-state index in [1.165, 1.54) is 5.39 Å². The van der Waals surface area contributed by atoms with Crippen LogP contribution in [0, 0.1) is 0 Å². The standard InChI is InChI=1S/C23H17N3O/c27-23(22-14-17-6-2-4-8-20(17)26-22)24-18-11-9-15(10-12-18)21-13-16-5-1-3-7-19(16)25-21/h1-14,25-26H,(H,24,27). The number of anilines is 1. The molecule has 2 heterocycles. The van der Waals surface area contributed by atoms with Crippen LogP contribution in [0.15, 0.2) is 84.9 Å². The average molecular weight is 351 g/mol. The summed E-state index contributed by atoms with van der Waals surface area (Å²) in [4.78, 5) is 19.1. The first-order chi connectivity index (χ1) is 13.3. The van der Waals surface area contributed by atoms with Crippen LogP contribution in [-0.4, -0.2) is 15.9 Å². The van der Waals surface area contributed by atoms with Crippen molar-refractivity contribution in [1.82, 2.24) is 9.97 Å². The minimum Gasteiger partial charge on any atom is -0.355 e. The van der Waals surface area contributed by atoms with E-state index in [1.54, 1.807) is 0 Å². The predicted octanol–water partition coefficient (Wildman–Crippen LogP) is 5.57. The Morgan fingerprint density at radius 1 is 0.704 bits per heavy atom. The molecule has 0 spiro atoms. The van der Waals surface area contributed by atoms with E-state index in [0.717, 1.165) is 33.4 Å². The van der Waals surface area contributed by atoms with Crippen LogP contribution < -0.4 is 5.32 Å².